The van der Waals surface area contributed by atoms with Crippen LogP contribution in [0.5, 0.6) is 0 Å². The molecule has 0 aliphatic heterocycles. The van der Waals surface area contributed by atoms with Crippen LogP contribution in [0.1, 0.15) is 37.1 Å². The van der Waals surface area contributed by atoms with Crippen LogP contribution in [0.3, 0.4) is 0 Å². The first-order valence-electron chi connectivity index (χ1n) is 6.85. The van der Waals surface area contributed by atoms with Gasteiger partial charge < -0.3 is 0 Å². The minimum Gasteiger partial charge on any atom is -0.264 e. The number of hydrogen-bond acceptors (Lipinski definition) is 5. The fraction of sp³-hybridized carbons (Fsp3) is 0.462. The molecule has 1 N–H and O–H groups in total. The Balaban J connectivity index is 1.66. The number of rotatable bonds is 6. The van der Waals surface area contributed by atoms with Gasteiger partial charge in [0.25, 0.3) is 0 Å². The first-order valence-corrected chi connectivity index (χ1v) is 8.40. The van der Waals surface area contributed by atoms with Crippen LogP contribution in [-0.4, -0.2) is 33.6 Å². The Morgan fingerprint density at radius 1 is 1.48 bits per heavy atom. The Bertz CT molecular complexity index is 709. The third kappa shape index (κ3) is 3.27. The summed E-state index contributed by atoms with van der Waals surface area (Å²) in [5.74, 6) is 0. The van der Waals surface area contributed by atoms with E-state index in [2.05, 4.69) is 20.0 Å². The minimum atomic E-state index is -3.19. The van der Waals surface area contributed by atoms with Crippen LogP contribution in [0.15, 0.2) is 30.7 Å². The van der Waals surface area contributed by atoms with Gasteiger partial charge in [0.15, 0.2) is 0 Å². The lowest BCUT2D eigenvalue weighted by atomic mass is 10.1. The van der Waals surface area contributed by atoms with Crippen molar-refractivity contribution in [2.45, 2.75) is 37.6 Å². The molecule has 7 nitrogen and oxygen atoms in total. The van der Waals surface area contributed by atoms with Gasteiger partial charge in [0, 0.05) is 12.4 Å². The largest absolute Gasteiger partial charge is 0.264 e. The molecule has 3 rings (SSSR count). The standard InChI is InChI=1S/C13H17N5O2S/c1-10(11-3-2-6-14-7-11)18-9-12(16-17-18)8-15-21(19,20)13-4-5-13/h2-3,6-7,9-10,13,15H,4-5,8H2,1H3/t10-/m0/s1. The maximum atomic E-state index is 11.8. The fourth-order valence-corrected chi connectivity index (χ4v) is 3.37. The lowest BCUT2D eigenvalue weighted by Gasteiger charge is -2.10. The number of nitrogens with one attached hydrogen (secondary N) is 1. The quantitative estimate of drug-likeness (QED) is 0.855. The number of hydrogen-bond donors (Lipinski definition) is 1. The highest BCUT2D eigenvalue weighted by molar-refractivity contribution is 7.90. The van der Waals surface area contributed by atoms with Gasteiger partial charge in [-0.05, 0) is 31.4 Å². The highest BCUT2D eigenvalue weighted by Gasteiger charge is 2.35. The van der Waals surface area contributed by atoms with Crippen molar-refractivity contribution < 1.29 is 8.42 Å². The maximum absolute atomic E-state index is 11.8. The molecule has 112 valence electrons. The van der Waals surface area contributed by atoms with Crippen molar-refractivity contribution in [3.05, 3.63) is 42.0 Å². The van der Waals surface area contributed by atoms with Gasteiger partial charge >= 0.3 is 0 Å². The highest BCUT2D eigenvalue weighted by atomic mass is 32.2. The molecule has 0 radical (unpaired) electrons. The Labute approximate surface area is 123 Å². The van der Waals surface area contributed by atoms with Crippen molar-refractivity contribution in [2.75, 3.05) is 0 Å². The molecule has 1 fully saturated rings. The van der Waals surface area contributed by atoms with Crippen LogP contribution in [-0.2, 0) is 16.6 Å². The number of sulfonamides is 1. The van der Waals surface area contributed by atoms with Gasteiger partial charge in [0.05, 0.1) is 29.7 Å². The second-order valence-corrected chi connectivity index (χ2v) is 7.26. The SMILES string of the molecule is C[C@@H](c1cccnc1)n1cc(CNS(=O)(=O)C2CC2)nn1. The molecule has 1 atom stereocenters. The summed E-state index contributed by atoms with van der Waals surface area (Å²) < 4.78 is 27.8. The molecule has 0 unspecified atom stereocenters. The summed E-state index contributed by atoms with van der Waals surface area (Å²) in [5, 5.41) is 7.85. The van der Waals surface area contributed by atoms with E-state index in [0.717, 1.165) is 18.4 Å². The predicted octanol–water partition coefficient (Wildman–Crippen LogP) is 0.864. The molecule has 1 aliphatic rings. The van der Waals surface area contributed by atoms with E-state index in [0.29, 0.717) is 5.69 Å². The molecule has 0 spiro atoms. The van der Waals surface area contributed by atoms with Gasteiger partial charge in [0.2, 0.25) is 10.0 Å². The maximum Gasteiger partial charge on any atom is 0.214 e. The zero-order valence-corrected chi connectivity index (χ0v) is 12.5. The zero-order chi connectivity index (χ0) is 14.9. The topological polar surface area (TPSA) is 89.8 Å². The smallest absolute Gasteiger partial charge is 0.214 e. The molecule has 0 amide bonds. The van der Waals surface area contributed by atoms with E-state index < -0.39 is 10.0 Å². The van der Waals surface area contributed by atoms with E-state index in [1.807, 2.05) is 19.1 Å². The van der Waals surface area contributed by atoms with E-state index in [4.69, 9.17) is 0 Å². The summed E-state index contributed by atoms with van der Waals surface area (Å²) in [6, 6.07) is 3.84. The minimum absolute atomic E-state index is 0.00000997. The van der Waals surface area contributed by atoms with E-state index in [1.165, 1.54) is 0 Å². The number of pyridine rings is 1. The first-order chi connectivity index (χ1) is 10.1. The van der Waals surface area contributed by atoms with E-state index in [9.17, 15) is 8.42 Å². The van der Waals surface area contributed by atoms with Crippen LogP contribution in [0.25, 0.3) is 0 Å². The molecule has 2 aromatic heterocycles. The molecule has 0 aromatic carbocycles. The van der Waals surface area contributed by atoms with Crippen molar-refractivity contribution >= 4 is 10.0 Å². The van der Waals surface area contributed by atoms with Gasteiger partial charge in [-0.1, -0.05) is 11.3 Å². The molecule has 21 heavy (non-hydrogen) atoms. The Hall–Kier alpha value is -1.80. The third-order valence-corrected chi connectivity index (χ3v) is 5.43. The van der Waals surface area contributed by atoms with Crippen molar-refractivity contribution in [1.82, 2.24) is 24.7 Å². The molecule has 1 aliphatic carbocycles. The molecule has 2 aromatic rings. The summed E-state index contributed by atoms with van der Waals surface area (Å²) in [4.78, 5) is 4.08. The average molecular weight is 307 g/mol. The summed E-state index contributed by atoms with van der Waals surface area (Å²) in [6.45, 7) is 2.17. The normalized spacial score (nSPS) is 16.8. The molecule has 0 saturated heterocycles. The monoisotopic (exact) mass is 307 g/mol. The van der Waals surface area contributed by atoms with Gasteiger partial charge in [-0.3, -0.25) is 4.98 Å². The summed E-state index contributed by atoms with van der Waals surface area (Å²) in [6.07, 6.45) is 6.75. The molecule has 1 saturated carbocycles. The van der Waals surface area contributed by atoms with Crippen molar-refractivity contribution in [1.29, 1.82) is 0 Å². The third-order valence-electron chi connectivity index (χ3n) is 3.54. The molecule has 2 heterocycles. The van der Waals surface area contributed by atoms with Crippen molar-refractivity contribution in [3.8, 4) is 0 Å². The Kier molecular flexibility index (Phi) is 3.73. The lowest BCUT2D eigenvalue weighted by molar-refractivity contribution is 0.541. The summed E-state index contributed by atoms with van der Waals surface area (Å²) in [5.41, 5.74) is 1.63. The molecular weight excluding hydrogens is 290 g/mol. The van der Waals surface area contributed by atoms with Crippen LogP contribution >= 0.6 is 0 Å². The van der Waals surface area contributed by atoms with Gasteiger partial charge in [-0.25, -0.2) is 17.8 Å². The van der Waals surface area contributed by atoms with Crippen molar-refractivity contribution in [2.24, 2.45) is 0 Å². The Morgan fingerprint density at radius 2 is 2.29 bits per heavy atom. The number of aromatic nitrogens is 4. The second kappa shape index (κ2) is 5.53. The second-order valence-electron chi connectivity index (χ2n) is 5.22. The average Bonchev–Trinajstić information content (AvgIpc) is 3.26. The lowest BCUT2D eigenvalue weighted by Crippen LogP contribution is -2.26. The van der Waals surface area contributed by atoms with Crippen LogP contribution in [0.2, 0.25) is 0 Å². The Morgan fingerprint density at radius 3 is 2.95 bits per heavy atom. The number of nitrogens with zero attached hydrogens (tertiary/aromatic N) is 4. The highest BCUT2D eigenvalue weighted by Crippen LogP contribution is 2.27. The molecule has 0 bridgehead atoms. The predicted molar refractivity (Wildman–Crippen MR) is 76.9 cm³/mol. The summed E-state index contributed by atoms with van der Waals surface area (Å²) >= 11 is 0. The van der Waals surface area contributed by atoms with E-state index in [1.54, 1.807) is 23.3 Å². The van der Waals surface area contributed by atoms with E-state index >= 15 is 0 Å². The van der Waals surface area contributed by atoms with Gasteiger partial charge in [0.1, 0.15) is 0 Å². The van der Waals surface area contributed by atoms with Crippen LogP contribution < -0.4 is 4.72 Å². The van der Waals surface area contributed by atoms with Crippen LogP contribution in [0, 0.1) is 0 Å². The zero-order valence-electron chi connectivity index (χ0n) is 11.7. The fourth-order valence-electron chi connectivity index (χ4n) is 2.03. The van der Waals surface area contributed by atoms with Gasteiger partial charge in [-0.2, -0.15) is 0 Å². The first kappa shape index (κ1) is 14.2. The van der Waals surface area contributed by atoms with E-state index in [-0.39, 0.29) is 17.8 Å². The van der Waals surface area contributed by atoms with Crippen LogP contribution in [0.4, 0.5) is 0 Å². The molecule has 8 heteroatoms. The summed E-state index contributed by atoms with van der Waals surface area (Å²) in [7, 11) is -3.19. The van der Waals surface area contributed by atoms with Crippen molar-refractivity contribution in [3.63, 3.8) is 0 Å². The molecular formula is C13H17N5O2S. The van der Waals surface area contributed by atoms with Gasteiger partial charge in [-0.15, -0.1) is 5.10 Å².